The lowest BCUT2D eigenvalue weighted by molar-refractivity contribution is -0.155. The van der Waals surface area contributed by atoms with Crippen molar-refractivity contribution < 1.29 is 29.0 Å². The van der Waals surface area contributed by atoms with Gasteiger partial charge in [-0.15, -0.1) is 0 Å². The van der Waals surface area contributed by atoms with E-state index in [1.54, 1.807) is 6.92 Å². The standard InChI is InChI=1S/C21H34N2O6/c1-6-28-20(27)15-14-7-8-21(29-14)16(15)19(26)23(13(10-24)9-11(2)3)17(21)18(25)22-12(4)5/h11-17,24H,6-10H2,1-5H3,(H,22,25)/t13-,14-,15+,16+,17-,21+/m1/s1. The molecule has 8 nitrogen and oxygen atoms in total. The number of ether oxygens (including phenoxy) is 2. The molecule has 2 N–H and O–H groups in total. The second kappa shape index (κ2) is 8.22. The van der Waals surface area contributed by atoms with Crippen LogP contribution in [0.1, 0.15) is 53.9 Å². The van der Waals surface area contributed by atoms with Crippen LogP contribution in [0.5, 0.6) is 0 Å². The molecule has 8 heteroatoms. The van der Waals surface area contributed by atoms with Crippen LogP contribution in [0.25, 0.3) is 0 Å². The fourth-order valence-electron chi connectivity index (χ4n) is 5.47. The van der Waals surface area contributed by atoms with E-state index in [0.717, 1.165) is 0 Å². The average molecular weight is 411 g/mol. The zero-order valence-electron chi connectivity index (χ0n) is 18.0. The molecule has 164 valence electrons. The highest BCUT2D eigenvalue weighted by Crippen LogP contribution is 2.59. The van der Waals surface area contributed by atoms with Crippen LogP contribution in [0.4, 0.5) is 0 Å². The number of nitrogens with one attached hydrogen (secondary N) is 1. The summed E-state index contributed by atoms with van der Waals surface area (Å²) < 4.78 is 11.5. The third-order valence-corrected chi connectivity index (χ3v) is 6.32. The minimum atomic E-state index is -1.04. The van der Waals surface area contributed by atoms with Crippen LogP contribution in [-0.2, 0) is 23.9 Å². The molecule has 0 aliphatic carbocycles. The summed E-state index contributed by atoms with van der Waals surface area (Å²) in [6.07, 6.45) is 1.30. The molecule has 29 heavy (non-hydrogen) atoms. The number of hydrogen-bond donors (Lipinski definition) is 2. The molecule has 0 aromatic heterocycles. The van der Waals surface area contributed by atoms with E-state index in [2.05, 4.69) is 5.32 Å². The first-order chi connectivity index (χ1) is 13.7. The van der Waals surface area contributed by atoms with Crippen LogP contribution in [0.2, 0.25) is 0 Å². The molecule has 0 saturated carbocycles. The monoisotopic (exact) mass is 410 g/mol. The van der Waals surface area contributed by atoms with Crippen LogP contribution in [0, 0.1) is 17.8 Å². The molecule has 0 aromatic rings. The summed E-state index contributed by atoms with van der Waals surface area (Å²) in [6.45, 7) is 9.45. The smallest absolute Gasteiger partial charge is 0.312 e. The number of likely N-dealkylation sites (tertiary alicyclic amines) is 1. The number of rotatable bonds is 8. The van der Waals surface area contributed by atoms with Gasteiger partial charge in [-0.1, -0.05) is 13.8 Å². The normalized spacial score (nSPS) is 34.1. The predicted molar refractivity (Wildman–Crippen MR) is 105 cm³/mol. The lowest BCUT2D eigenvalue weighted by Gasteiger charge is -2.37. The summed E-state index contributed by atoms with van der Waals surface area (Å²) in [5.41, 5.74) is -1.04. The number of hydrogen-bond acceptors (Lipinski definition) is 6. The van der Waals surface area contributed by atoms with Gasteiger partial charge < -0.3 is 24.8 Å². The van der Waals surface area contributed by atoms with Gasteiger partial charge in [-0.25, -0.2) is 0 Å². The van der Waals surface area contributed by atoms with Gasteiger partial charge in [0.15, 0.2) is 0 Å². The fourth-order valence-corrected chi connectivity index (χ4v) is 5.47. The van der Waals surface area contributed by atoms with E-state index in [9.17, 15) is 19.5 Å². The topological polar surface area (TPSA) is 105 Å². The van der Waals surface area contributed by atoms with Crippen molar-refractivity contribution in [3.63, 3.8) is 0 Å². The summed E-state index contributed by atoms with van der Waals surface area (Å²) in [5, 5.41) is 13.0. The van der Waals surface area contributed by atoms with Crippen molar-refractivity contribution in [3.8, 4) is 0 Å². The van der Waals surface area contributed by atoms with Crippen molar-refractivity contribution >= 4 is 17.8 Å². The Balaban J connectivity index is 2.04. The van der Waals surface area contributed by atoms with Crippen molar-refractivity contribution in [1.82, 2.24) is 10.2 Å². The maximum atomic E-state index is 13.6. The molecule has 3 heterocycles. The first kappa shape index (κ1) is 22.0. The Morgan fingerprint density at radius 2 is 2.03 bits per heavy atom. The fraction of sp³-hybridized carbons (Fsp3) is 0.857. The Hall–Kier alpha value is -1.67. The van der Waals surface area contributed by atoms with Gasteiger partial charge in [-0.05, 0) is 46.0 Å². The van der Waals surface area contributed by atoms with Crippen molar-refractivity contribution in [1.29, 1.82) is 0 Å². The molecule has 6 atom stereocenters. The Labute approximate surface area is 172 Å². The number of amides is 2. The number of nitrogens with zero attached hydrogens (tertiary/aromatic N) is 1. The third kappa shape index (κ3) is 3.54. The summed E-state index contributed by atoms with van der Waals surface area (Å²) in [5.74, 6) is -2.23. The molecule has 0 aromatic carbocycles. The van der Waals surface area contributed by atoms with Gasteiger partial charge >= 0.3 is 5.97 Å². The second-order valence-corrected chi connectivity index (χ2v) is 9.18. The zero-order valence-corrected chi connectivity index (χ0v) is 18.0. The zero-order chi connectivity index (χ0) is 21.5. The summed E-state index contributed by atoms with van der Waals surface area (Å²) in [4.78, 5) is 41.1. The molecule has 0 unspecified atom stereocenters. The second-order valence-electron chi connectivity index (χ2n) is 9.18. The highest BCUT2D eigenvalue weighted by Gasteiger charge is 2.75. The van der Waals surface area contributed by atoms with Crippen LogP contribution >= 0.6 is 0 Å². The average Bonchev–Trinajstić information content (AvgIpc) is 3.26. The van der Waals surface area contributed by atoms with Gasteiger partial charge in [0.25, 0.3) is 0 Å². The lowest BCUT2D eigenvalue weighted by atomic mass is 9.70. The minimum absolute atomic E-state index is 0.105. The highest BCUT2D eigenvalue weighted by atomic mass is 16.6. The molecule has 3 aliphatic heterocycles. The van der Waals surface area contributed by atoms with Gasteiger partial charge in [0.1, 0.15) is 11.6 Å². The van der Waals surface area contributed by atoms with E-state index < -0.39 is 41.6 Å². The minimum Gasteiger partial charge on any atom is -0.466 e. The van der Waals surface area contributed by atoms with E-state index >= 15 is 0 Å². The first-order valence-electron chi connectivity index (χ1n) is 10.8. The quantitative estimate of drug-likeness (QED) is 0.575. The molecular weight excluding hydrogens is 376 g/mol. The van der Waals surface area contributed by atoms with E-state index in [1.165, 1.54) is 4.90 Å². The van der Waals surface area contributed by atoms with Gasteiger partial charge in [-0.3, -0.25) is 14.4 Å². The first-order valence-corrected chi connectivity index (χ1v) is 10.8. The highest BCUT2D eigenvalue weighted by molar-refractivity contribution is 5.98. The third-order valence-electron chi connectivity index (χ3n) is 6.32. The van der Waals surface area contributed by atoms with Crippen molar-refractivity contribution in [2.45, 2.75) is 83.7 Å². The van der Waals surface area contributed by atoms with Crippen molar-refractivity contribution in [2.24, 2.45) is 17.8 Å². The van der Waals surface area contributed by atoms with E-state index in [0.29, 0.717) is 19.3 Å². The number of esters is 1. The largest absolute Gasteiger partial charge is 0.466 e. The van der Waals surface area contributed by atoms with Gasteiger partial charge in [-0.2, -0.15) is 0 Å². The predicted octanol–water partition coefficient (Wildman–Crippen LogP) is 0.856. The van der Waals surface area contributed by atoms with Gasteiger partial charge in [0.2, 0.25) is 11.8 Å². The molecule has 2 amide bonds. The molecule has 3 saturated heterocycles. The number of aliphatic hydroxyl groups excluding tert-OH is 1. The van der Waals surface area contributed by atoms with E-state index in [4.69, 9.17) is 9.47 Å². The van der Waals surface area contributed by atoms with Crippen LogP contribution in [-0.4, -0.2) is 70.8 Å². The number of aliphatic hydroxyl groups is 1. The molecule has 3 rings (SSSR count). The molecule has 3 aliphatic rings. The molecule has 0 radical (unpaired) electrons. The Bertz CT molecular complexity index is 666. The summed E-state index contributed by atoms with van der Waals surface area (Å²) in [7, 11) is 0. The lowest BCUT2D eigenvalue weighted by Crippen LogP contribution is -2.59. The van der Waals surface area contributed by atoms with Gasteiger partial charge in [0, 0.05) is 6.04 Å². The molecule has 2 bridgehead atoms. The van der Waals surface area contributed by atoms with Crippen molar-refractivity contribution in [2.75, 3.05) is 13.2 Å². The Morgan fingerprint density at radius 3 is 2.59 bits per heavy atom. The summed E-state index contributed by atoms with van der Waals surface area (Å²) >= 11 is 0. The maximum absolute atomic E-state index is 13.6. The van der Waals surface area contributed by atoms with Crippen molar-refractivity contribution in [3.05, 3.63) is 0 Å². The molecular formula is C21H34N2O6. The van der Waals surface area contributed by atoms with E-state index in [1.807, 2.05) is 27.7 Å². The SMILES string of the molecule is CCOC(=O)[C@@H]1[C@H]2C(=O)N([C@@H](CO)CC(C)C)[C@H](C(=O)NC(C)C)[C@]23CC[C@H]1O3. The Morgan fingerprint density at radius 1 is 1.34 bits per heavy atom. The number of carbonyl (C=O) groups is 3. The molecule has 1 spiro atoms. The summed E-state index contributed by atoms with van der Waals surface area (Å²) in [6, 6.07) is -1.47. The Kier molecular flexibility index (Phi) is 6.24. The van der Waals surface area contributed by atoms with E-state index in [-0.39, 0.29) is 37.0 Å². The number of carbonyl (C=O) groups excluding carboxylic acids is 3. The molecule has 3 fully saturated rings. The van der Waals surface area contributed by atoms with Crippen LogP contribution < -0.4 is 5.32 Å². The van der Waals surface area contributed by atoms with Gasteiger partial charge in [0.05, 0.1) is 37.2 Å². The van der Waals surface area contributed by atoms with Crippen LogP contribution in [0.3, 0.4) is 0 Å². The van der Waals surface area contributed by atoms with Crippen LogP contribution in [0.15, 0.2) is 0 Å². The number of fused-ring (bicyclic) bond motifs is 1. The maximum Gasteiger partial charge on any atom is 0.312 e.